The van der Waals surface area contributed by atoms with Crippen molar-refractivity contribution < 1.29 is 9.31 Å². The summed E-state index contributed by atoms with van der Waals surface area (Å²) in [7, 11) is 0. The van der Waals surface area contributed by atoms with Gasteiger partial charge in [-0.2, -0.15) is 0 Å². The van der Waals surface area contributed by atoms with Gasteiger partial charge in [-0.1, -0.05) is 29.8 Å². The molecule has 4 nitrogen and oxygen atoms in total. The van der Waals surface area contributed by atoms with Gasteiger partial charge in [0.25, 0.3) is 5.69 Å². The van der Waals surface area contributed by atoms with Gasteiger partial charge in [-0.05, 0) is 19.1 Å². The Kier molecular flexibility index (Phi) is 4.20. The van der Waals surface area contributed by atoms with Gasteiger partial charge in [-0.15, -0.1) is 0 Å². The summed E-state index contributed by atoms with van der Waals surface area (Å²) in [4.78, 5) is 10.4. The molecule has 0 aromatic heterocycles. The van der Waals surface area contributed by atoms with E-state index >= 15 is 0 Å². The van der Waals surface area contributed by atoms with Crippen molar-refractivity contribution in [2.75, 3.05) is 5.32 Å². The molecule has 0 bridgehead atoms. The number of nitro groups is 1. The molecule has 0 radical (unpaired) electrons. The third-order valence-electron chi connectivity index (χ3n) is 2.92. The number of hydrogen-bond acceptors (Lipinski definition) is 3. The van der Waals surface area contributed by atoms with Gasteiger partial charge >= 0.3 is 0 Å². The van der Waals surface area contributed by atoms with Crippen molar-refractivity contribution in [2.24, 2.45) is 0 Å². The summed E-state index contributed by atoms with van der Waals surface area (Å²) in [5.74, 6) is -0.483. The van der Waals surface area contributed by atoms with Gasteiger partial charge < -0.3 is 5.32 Å². The van der Waals surface area contributed by atoms with Crippen LogP contribution in [0.1, 0.15) is 11.1 Å². The predicted octanol–water partition coefficient (Wildman–Crippen LogP) is 4.31. The Morgan fingerprint density at radius 2 is 2.10 bits per heavy atom. The zero-order chi connectivity index (χ0) is 14.7. The Bertz CT molecular complexity index is 662. The molecule has 2 rings (SSSR count). The second kappa shape index (κ2) is 5.88. The summed E-state index contributed by atoms with van der Waals surface area (Å²) >= 11 is 5.69. The number of anilines is 1. The lowest BCUT2D eigenvalue weighted by Crippen LogP contribution is -2.03. The highest BCUT2D eigenvalue weighted by molar-refractivity contribution is 6.30. The molecule has 1 N–H and O–H groups in total. The van der Waals surface area contributed by atoms with Gasteiger partial charge in [0, 0.05) is 29.4 Å². The number of benzene rings is 2. The van der Waals surface area contributed by atoms with Crippen molar-refractivity contribution in [1.82, 2.24) is 0 Å². The minimum Gasteiger partial charge on any atom is -0.381 e. The van der Waals surface area contributed by atoms with Crippen LogP contribution in [0.5, 0.6) is 0 Å². The number of nitro benzene ring substituents is 1. The molecule has 0 aliphatic rings. The van der Waals surface area contributed by atoms with E-state index in [1.807, 2.05) is 0 Å². The van der Waals surface area contributed by atoms with Crippen LogP contribution >= 0.6 is 11.6 Å². The van der Waals surface area contributed by atoms with E-state index in [4.69, 9.17) is 11.6 Å². The van der Waals surface area contributed by atoms with Crippen molar-refractivity contribution in [3.05, 3.63) is 68.5 Å². The highest BCUT2D eigenvalue weighted by Crippen LogP contribution is 2.23. The molecule has 2 aromatic carbocycles. The van der Waals surface area contributed by atoms with Crippen LogP contribution in [0, 0.1) is 22.9 Å². The Morgan fingerprint density at radius 1 is 1.35 bits per heavy atom. The summed E-state index contributed by atoms with van der Waals surface area (Å²) in [5.41, 5.74) is 1.57. The van der Waals surface area contributed by atoms with E-state index in [1.54, 1.807) is 31.2 Å². The van der Waals surface area contributed by atoms with Gasteiger partial charge in [0.2, 0.25) is 0 Å². The first-order valence-corrected chi connectivity index (χ1v) is 6.28. The summed E-state index contributed by atoms with van der Waals surface area (Å²) < 4.78 is 13.7. The molecule has 0 aliphatic carbocycles. The molecule has 6 heteroatoms. The molecular weight excluding hydrogens is 283 g/mol. The van der Waals surface area contributed by atoms with E-state index in [2.05, 4.69) is 5.32 Å². The summed E-state index contributed by atoms with van der Waals surface area (Å²) in [6.45, 7) is 1.87. The number of rotatable bonds is 4. The topological polar surface area (TPSA) is 55.2 Å². The number of aryl methyl sites for hydroxylation is 1. The van der Waals surface area contributed by atoms with Gasteiger partial charge in [-0.25, -0.2) is 4.39 Å². The van der Waals surface area contributed by atoms with Crippen molar-refractivity contribution >= 4 is 23.0 Å². The quantitative estimate of drug-likeness (QED) is 0.675. The third-order valence-corrected chi connectivity index (χ3v) is 3.21. The highest BCUT2D eigenvalue weighted by atomic mass is 35.5. The van der Waals surface area contributed by atoms with Crippen molar-refractivity contribution in [3.8, 4) is 0 Å². The first-order valence-electron chi connectivity index (χ1n) is 5.91. The minimum absolute atomic E-state index is 0.0292. The van der Waals surface area contributed by atoms with E-state index in [0.29, 0.717) is 16.8 Å². The zero-order valence-electron chi connectivity index (χ0n) is 10.7. The first kappa shape index (κ1) is 14.3. The number of hydrogen-bond donors (Lipinski definition) is 1. The molecular formula is C14H12ClFN2O2. The monoisotopic (exact) mass is 294 g/mol. The van der Waals surface area contributed by atoms with E-state index in [1.165, 1.54) is 12.1 Å². The largest absolute Gasteiger partial charge is 0.381 e. The van der Waals surface area contributed by atoms with Gasteiger partial charge in [0.05, 0.1) is 9.95 Å². The van der Waals surface area contributed by atoms with E-state index in [-0.39, 0.29) is 17.3 Å². The molecule has 0 atom stereocenters. The van der Waals surface area contributed by atoms with Gasteiger partial charge in [-0.3, -0.25) is 10.1 Å². The van der Waals surface area contributed by atoms with E-state index in [9.17, 15) is 14.5 Å². The molecule has 0 heterocycles. The number of nitrogens with zero attached hydrogens (tertiary/aromatic N) is 1. The Morgan fingerprint density at radius 3 is 2.80 bits per heavy atom. The molecule has 0 amide bonds. The standard InChI is InChI=1S/C14H12ClFN2O2/c1-9-5-6-11(7-13(9)18(19)20)17-8-10-3-2-4-12(15)14(10)16/h2-7,17H,8H2,1H3. The average Bonchev–Trinajstić information content (AvgIpc) is 2.41. The number of nitrogens with one attached hydrogen (secondary N) is 1. The zero-order valence-corrected chi connectivity index (χ0v) is 11.4. The van der Waals surface area contributed by atoms with Gasteiger partial charge in [0.15, 0.2) is 0 Å². The van der Waals surface area contributed by atoms with Crippen molar-refractivity contribution in [1.29, 1.82) is 0 Å². The fraction of sp³-hybridized carbons (Fsp3) is 0.143. The maximum absolute atomic E-state index is 13.7. The lowest BCUT2D eigenvalue weighted by molar-refractivity contribution is -0.385. The molecule has 0 saturated carbocycles. The molecule has 0 fully saturated rings. The van der Waals surface area contributed by atoms with Crippen LogP contribution in [-0.2, 0) is 6.54 Å². The summed E-state index contributed by atoms with van der Waals surface area (Å²) in [6, 6.07) is 9.52. The second-order valence-electron chi connectivity index (χ2n) is 4.32. The molecule has 0 unspecified atom stereocenters. The van der Waals surface area contributed by atoms with Crippen LogP contribution in [0.25, 0.3) is 0 Å². The van der Waals surface area contributed by atoms with Crippen LogP contribution in [0.4, 0.5) is 15.8 Å². The Hall–Kier alpha value is -2.14. The highest BCUT2D eigenvalue weighted by Gasteiger charge is 2.11. The van der Waals surface area contributed by atoms with Crippen molar-refractivity contribution in [2.45, 2.75) is 13.5 Å². The fourth-order valence-electron chi connectivity index (χ4n) is 1.80. The van der Waals surface area contributed by atoms with Crippen LogP contribution in [0.2, 0.25) is 5.02 Å². The summed E-state index contributed by atoms with van der Waals surface area (Å²) in [5, 5.41) is 13.9. The number of halogens is 2. The van der Waals surface area contributed by atoms with Crippen LogP contribution < -0.4 is 5.32 Å². The van der Waals surface area contributed by atoms with E-state index in [0.717, 1.165) is 0 Å². The van der Waals surface area contributed by atoms with Crippen molar-refractivity contribution in [3.63, 3.8) is 0 Å². The fourth-order valence-corrected chi connectivity index (χ4v) is 1.99. The Balaban J connectivity index is 2.17. The lowest BCUT2D eigenvalue weighted by Gasteiger charge is -2.08. The lowest BCUT2D eigenvalue weighted by atomic mass is 10.1. The maximum atomic E-state index is 13.7. The molecule has 0 aliphatic heterocycles. The normalized spacial score (nSPS) is 10.3. The smallest absolute Gasteiger partial charge is 0.274 e. The molecule has 0 spiro atoms. The Labute approximate surface area is 120 Å². The van der Waals surface area contributed by atoms with Crippen LogP contribution in [0.3, 0.4) is 0 Å². The van der Waals surface area contributed by atoms with Crippen LogP contribution in [-0.4, -0.2) is 4.92 Å². The SMILES string of the molecule is Cc1ccc(NCc2cccc(Cl)c2F)cc1[N+](=O)[O-]. The summed E-state index contributed by atoms with van der Waals surface area (Å²) in [6.07, 6.45) is 0. The molecule has 104 valence electrons. The molecule has 0 saturated heterocycles. The van der Waals surface area contributed by atoms with Gasteiger partial charge in [0.1, 0.15) is 5.82 Å². The molecule has 20 heavy (non-hydrogen) atoms. The minimum atomic E-state index is -0.483. The maximum Gasteiger partial charge on any atom is 0.274 e. The molecule has 2 aromatic rings. The van der Waals surface area contributed by atoms with E-state index < -0.39 is 10.7 Å². The first-order chi connectivity index (χ1) is 9.49. The third kappa shape index (κ3) is 3.05. The van der Waals surface area contributed by atoms with Crippen LogP contribution in [0.15, 0.2) is 36.4 Å². The predicted molar refractivity (Wildman–Crippen MR) is 76.6 cm³/mol. The second-order valence-corrected chi connectivity index (χ2v) is 4.73. The average molecular weight is 295 g/mol.